The van der Waals surface area contributed by atoms with Gasteiger partial charge < -0.3 is 9.80 Å². The Kier molecular flexibility index (Phi) is 5.08. The van der Waals surface area contributed by atoms with E-state index in [0.717, 1.165) is 31.6 Å². The third-order valence-corrected chi connectivity index (χ3v) is 6.77. The van der Waals surface area contributed by atoms with Crippen molar-refractivity contribution in [3.8, 4) is 0 Å². The number of pyridine rings is 1. The minimum absolute atomic E-state index is 0.00505. The second kappa shape index (κ2) is 7.09. The van der Waals surface area contributed by atoms with E-state index in [-0.39, 0.29) is 23.5 Å². The van der Waals surface area contributed by atoms with Gasteiger partial charge in [0.15, 0.2) is 9.84 Å². The van der Waals surface area contributed by atoms with E-state index in [9.17, 15) is 13.2 Å². The second-order valence-electron chi connectivity index (χ2n) is 6.78. The average Bonchev–Trinajstić information content (AvgIpc) is 2.79. The van der Waals surface area contributed by atoms with Crippen LogP contribution in [0.1, 0.15) is 42.6 Å². The number of rotatable bonds is 3. The molecule has 2 aliphatic rings. The summed E-state index contributed by atoms with van der Waals surface area (Å²) in [5, 5.41) is 0. The molecule has 7 heteroatoms. The summed E-state index contributed by atoms with van der Waals surface area (Å²) < 4.78 is 23.3. The van der Waals surface area contributed by atoms with Crippen molar-refractivity contribution < 1.29 is 13.2 Å². The van der Waals surface area contributed by atoms with Gasteiger partial charge in [0.1, 0.15) is 5.69 Å². The van der Waals surface area contributed by atoms with Gasteiger partial charge in [-0.05, 0) is 31.4 Å². The van der Waals surface area contributed by atoms with Crippen molar-refractivity contribution in [3.63, 3.8) is 0 Å². The number of hydrogen-bond donors (Lipinski definition) is 0. The Morgan fingerprint density at radius 1 is 1.21 bits per heavy atom. The summed E-state index contributed by atoms with van der Waals surface area (Å²) in [6.07, 6.45) is 6.81. The van der Waals surface area contributed by atoms with E-state index in [2.05, 4.69) is 4.98 Å². The molecule has 1 atom stereocenters. The Hall–Kier alpha value is -1.63. The summed E-state index contributed by atoms with van der Waals surface area (Å²) in [7, 11) is -1.02. The molecule has 6 nitrogen and oxygen atoms in total. The van der Waals surface area contributed by atoms with Crippen LogP contribution in [0.15, 0.2) is 18.3 Å². The lowest BCUT2D eigenvalue weighted by Gasteiger charge is -2.25. The van der Waals surface area contributed by atoms with E-state index in [1.165, 1.54) is 12.8 Å². The Balaban J connectivity index is 1.67. The van der Waals surface area contributed by atoms with Crippen LogP contribution in [0.2, 0.25) is 0 Å². The lowest BCUT2D eigenvalue weighted by molar-refractivity contribution is 0.0756. The molecule has 1 unspecified atom stereocenters. The number of carbonyl (C=O) groups excluding carboxylic acids is 1. The molecule has 2 fully saturated rings. The molecule has 1 amide bonds. The molecule has 3 heterocycles. The number of likely N-dealkylation sites (tertiary alicyclic amines) is 1. The molecule has 24 heavy (non-hydrogen) atoms. The summed E-state index contributed by atoms with van der Waals surface area (Å²) in [5.74, 6) is 0.438. The molecule has 1 aromatic heterocycles. The fourth-order valence-corrected chi connectivity index (χ4v) is 5.22. The second-order valence-corrected chi connectivity index (χ2v) is 9.00. The van der Waals surface area contributed by atoms with Gasteiger partial charge in [0.25, 0.3) is 5.91 Å². The number of anilines is 1. The highest BCUT2D eigenvalue weighted by molar-refractivity contribution is 7.91. The van der Waals surface area contributed by atoms with Crippen LogP contribution in [-0.2, 0) is 9.84 Å². The summed E-state index contributed by atoms with van der Waals surface area (Å²) in [5.41, 5.74) is 1.32. The third-order valence-electron chi connectivity index (χ3n) is 5.02. The van der Waals surface area contributed by atoms with Gasteiger partial charge in [0.05, 0.1) is 23.4 Å². The first-order valence-electron chi connectivity index (χ1n) is 8.65. The topological polar surface area (TPSA) is 70.6 Å². The van der Waals surface area contributed by atoms with Crippen molar-refractivity contribution >= 4 is 21.4 Å². The van der Waals surface area contributed by atoms with Crippen molar-refractivity contribution in [3.05, 3.63) is 24.0 Å². The molecule has 0 aliphatic carbocycles. The molecule has 2 aliphatic heterocycles. The van der Waals surface area contributed by atoms with Gasteiger partial charge in [-0.3, -0.25) is 4.79 Å². The zero-order chi connectivity index (χ0) is 17.2. The third kappa shape index (κ3) is 3.88. The quantitative estimate of drug-likeness (QED) is 0.829. The first-order chi connectivity index (χ1) is 11.5. The number of aromatic nitrogens is 1. The van der Waals surface area contributed by atoms with Gasteiger partial charge >= 0.3 is 0 Å². The summed E-state index contributed by atoms with van der Waals surface area (Å²) in [6.45, 7) is 1.62. The van der Waals surface area contributed by atoms with Crippen LogP contribution in [0.4, 0.5) is 5.69 Å². The molecule has 132 valence electrons. The van der Waals surface area contributed by atoms with Crippen LogP contribution in [0.5, 0.6) is 0 Å². The van der Waals surface area contributed by atoms with Crippen LogP contribution in [0.25, 0.3) is 0 Å². The first kappa shape index (κ1) is 17.2. The van der Waals surface area contributed by atoms with E-state index in [0.29, 0.717) is 12.1 Å². The smallest absolute Gasteiger partial charge is 0.272 e. The maximum Gasteiger partial charge on any atom is 0.272 e. The summed E-state index contributed by atoms with van der Waals surface area (Å²) >= 11 is 0. The molecule has 0 N–H and O–H groups in total. The first-order valence-corrected chi connectivity index (χ1v) is 10.5. The lowest BCUT2D eigenvalue weighted by atomic mass is 10.2. The standard InChI is InChI=1S/C17H25N3O3S/c1-19(15-8-11-24(22,23)13-15)14-6-7-16(18-12-14)17(21)20-9-4-2-3-5-10-20/h6-7,12,15H,2-5,8-11,13H2,1H3. The highest BCUT2D eigenvalue weighted by Gasteiger charge is 2.31. The number of amides is 1. The number of carbonyl (C=O) groups is 1. The highest BCUT2D eigenvalue weighted by Crippen LogP contribution is 2.22. The fourth-order valence-electron chi connectivity index (χ4n) is 3.45. The summed E-state index contributed by atoms with van der Waals surface area (Å²) in [4.78, 5) is 20.7. The van der Waals surface area contributed by atoms with Gasteiger partial charge in [-0.1, -0.05) is 12.8 Å². The maximum atomic E-state index is 12.5. The largest absolute Gasteiger partial charge is 0.369 e. The molecule has 2 saturated heterocycles. The zero-order valence-corrected chi connectivity index (χ0v) is 15.0. The SMILES string of the molecule is CN(c1ccc(C(=O)N2CCCCCC2)nc1)C1CCS(=O)(=O)C1. The van der Waals surface area contributed by atoms with Crippen LogP contribution < -0.4 is 4.90 Å². The zero-order valence-electron chi connectivity index (χ0n) is 14.1. The molecular weight excluding hydrogens is 326 g/mol. The predicted octanol–water partition coefficient (Wildman–Crippen LogP) is 1.72. The average molecular weight is 351 g/mol. The molecule has 0 saturated carbocycles. The van der Waals surface area contributed by atoms with Gasteiger partial charge in [0.2, 0.25) is 0 Å². The Morgan fingerprint density at radius 3 is 2.46 bits per heavy atom. The fraction of sp³-hybridized carbons (Fsp3) is 0.647. The highest BCUT2D eigenvalue weighted by atomic mass is 32.2. The molecule has 0 aromatic carbocycles. The molecule has 0 spiro atoms. The molecule has 0 bridgehead atoms. The lowest BCUT2D eigenvalue weighted by Crippen LogP contribution is -2.33. The predicted molar refractivity (Wildman–Crippen MR) is 94.1 cm³/mol. The van der Waals surface area contributed by atoms with E-state index >= 15 is 0 Å². The van der Waals surface area contributed by atoms with E-state index in [1.807, 2.05) is 22.9 Å². The number of hydrogen-bond acceptors (Lipinski definition) is 5. The van der Waals surface area contributed by atoms with Crippen LogP contribution in [-0.4, -0.2) is 61.9 Å². The Bertz CT molecular complexity index is 680. The van der Waals surface area contributed by atoms with Gasteiger partial charge in [-0.2, -0.15) is 0 Å². The number of sulfone groups is 1. The van der Waals surface area contributed by atoms with Crippen molar-refractivity contribution in [2.24, 2.45) is 0 Å². The van der Waals surface area contributed by atoms with Gasteiger partial charge in [0, 0.05) is 26.2 Å². The van der Waals surface area contributed by atoms with Gasteiger partial charge in [-0.25, -0.2) is 13.4 Å². The summed E-state index contributed by atoms with van der Waals surface area (Å²) in [6, 6.07) is 3.61. The normalized spacial score (nSPS) is 23.7. The van der Waals surface area contributed by atoms with Gasteiger partial charge in [-0.15, -0.1) is 0 Å². The van der Waals surface area contributed by atoms with E-state index < -0.39 is 9.84 Å². The number of nitrogens with zero attached hydrogens (tertiary/aromatic N) is 3. The van der Waals surface area contributed by atoms with Crippen LogP contribution in [0.3, 0.4) is 0 Å². The molecular formula is C17H25N3O3S. The van der Waals surface area contributed by atoms with Crippen LogP contribution in [0, 0.1) is 0 Å². The minimum atomic E-state index is -2.91. The Labute approximate surface area is 143 Å². The van der Waals surface area contributed by atoms with Crippen molar-refractivity contribution in [1.29, 1.82) is 0 Å². The van der Waals surface area contributed by atoms with E-state index in [4.69, 9.17) is 0 Å². The maximum absolute atomic E-state index is 12.5. The Morgan fingerprint density at radius 2 is 1.92 bits per heavy atom. The molecule has 0 radical (unpaired) electrons. The van der Waals surface area contributed by atoms with Crippen molar-refractivity contribution in [1.82, 2.24) is 9.88 Å². The van der Waals surface area contributed by atoms with Crippen molar-refractivity contribution in [2.45, 2.75) is 38.1 Å². The monoisotopic (exact) mass is 351 g/mol. The van der Waals surface area contributed by atoms with Crippen molar-refractivity contribution in [2.75, 3.05) is 36.5 Å². The molecule has 3 rings (SSSR count). The van der Waals surface area contributed by atoms with Crippen LogP contribution >= 0.6 is 0 Å². The minimum Gasteiger partial charge on any atom is -0.369 e. The van der Waals surface area contributed by atoms with E-state index in [1.54, 1.807) is 12.3 Å². The molecule has 1 aromatic rings.